The van der Waals surface area contributed by atoms with Crippen LogP contribution in [0.15, 0.2) is 16.9 Å². The molecule has 0 radical (unpaired) electrons. The predicted molar refractivity (Wildman–Crippen MR) is 52.8 cm³/mol. The summed E-state index contributed by atoms with van der Waals surface area (Å²) < 4.78 is 7.24. The number of hydrogen-bond acceptors (Lipinski definition) is 2. The molecule has 0 fully saturated rings. The second kappa shape index (κ2) is 2.41. The molecule has 1 aromatic heterocycles. The van der Waals surface area contributed by atoms with E-state index in [0.717, 1.165) is 22.3 Å². The van der Waals surface area contributed by atoms with Crippen LogP contribution in [0.2, 0.25) is 0 Å². The predicted octanol–water partition coefficient (Wildman–Crippen LogP) is 1.03. The van der Waals surface area contributed by atoms with Crippen molar-refractivity contribution in [2.45, 2.75) is 13.5 Å². The maximum Gasteiger partial charge on any atom is 0.326 e. The maximum atomic E-state index is 11.5. The molecule has 0 amide bonds. The van der Waals surface area contributed by atoms with E-state index in [4.69, 9.17) is 4.74 Å². The van der Waals surface area contributed by atoms with Gasteiger partial charge < -0.3 is 9.72 Å². The minimum absolute atomic E-state index is 0.0462. The van der Waals surface area contributed by atoms with Crippen molar-refractivity contribution in [1.82, 2.24) is 9.55 Å². The van der Waals surface area contributed by atoms with Crippen LogP contribution in [0.4, 0.5) is 0 Å². The number of hydrogen-bond donors (Lipinski definition) is 1. The van der Waals surface area contributed by atoms with Gasteiger partial charge in [0.25, 0.3) is 0 Å². The molecule has 4 heteroatoms. The highest BCUT2D eigenvalue weighted by Gasteiger charge is 2.16. The van der Waals surface area contributed by atoms with Crippen LogP contribution in [-0.4, -0.2) is 16.2 Å². The smallest absolute Gasteiger partial charge is 0.326 e. The van der Waals surface area contributed by atoms with E-state index in [1.807, 2.05) is 19.1 Å². The highest BCUT2D eigenvalue weighted by Crippen LogP contribution is 2.27. The van der Waals surface area contributed by atoms with Crippen LogP contribution in [0.3, 0.4) is 0 Å². The van der Waals surface area contributed by atoms with Gasteiger partial charge in [0.15, 0.2) is 0 Å². The van der Waals surface area contributed by atoms with Crippen molar-refractivity contribution in [3.63, 3.8) is 0 Å². The number of H-pyrrole nitrogens is 1. The molecule has 0 bridgehead atoms. The van der Waals surface area contributed by atoms with Gasteiger partial charge in [0.2, 0.25) is 0 Å². The fourth-order valence-corrected chi connectivity index (χ4v) is 1.97. The Morgan fingerprint density at radius 2 is 2.36 bits per heavy atom. The molecule has 0 aliphatic carbocycles. The number of aryl methyl sites for hydroxylation is 1. The first kappa shape index (κ1) is 7.67. The van der Waals surface area contributed by atoms with Gasteiger partial charge in [0, 0.05) is 0 Å². The van der Waals surface area contributed by atoms with Crippen LogP contribution in [0.5, 0.6) is 5.75 Å². The van der Waals surface area contributed by atoms with Crippen LogP contribution in [0, 0.1) is 6.92 Å². The fourth-order valence-electron chi connectivity index (χ4n) is 1.97. The van der Waals surface area contributed by atoms with Gasteiger partial charge in [0.05, 0.1) is 12.1 Å². The Morgan fingerprint density at radius 1 is 1.50 bits per heavy atom. The average Bonchev–Trinajstić information content (AvgIpc) is 2.45. The van der Waals surface area contributed by atoms with Gasteiger partial charge in [-0.25, -0.2) is 4.79 Å². The van der Waals surface area contributed by atoms with Crippen molar-refractivity contribution >= 4 is 11.0 Å². The first-order valence-corrected chi connectivity index (χ1v) is 4.62. The summed E-state index contributed by atoms with van der Waals surface area (Å²) in [6.45, 7) is 3.20. The molecule has 1 aliphatic rings. The largest absolute Gasteiger partial charge is 0.489 e. The van der Waals surface area contributed by atoms with Gasteiger partial charge in [-0.3, -0.25) is 4.57 Å². The minimum atomic E-state index is -0.0462. The summed E-state index contributed by atoms with van der Waals surface area (Å²) in [5.41, 5.74) is 2.81. The third kappa shape index (κ3) is 0.852. The van der Waals surface area contributed by atoms with E-state index in [1.54, 1.807) is 4.57 Å². The summed E-state index contributed by atoms with van der Waals surface area (Å²) in [6, 6.07) is 3.93. The number of rotatable bonds is 0. The van der Waals surface area contributed by atoms with E-state index in [2.05, 4.69) is 4.98 Å². The summed E-state index contributed by atoms with van der Waals surface area (Å²) in [6.07, 6.45) is 0. The van der Waals surface area contributed by atoms with Crippen molar-refractivity contribution in [2.75, 3.05) is 6.61 Å². The van der Waals surface area contributed by atoms with Gasteiger partial charge in [-0.05, 0) is 24.6 Å². The summed E-state index contributed by atoms with van der Waals surface area (Å²) >= 11 is 0. The van der Waals surface area contributed by atoms with Crippen LogP contribution in [0.1, 0.15) is 5.56 Å². The van der Waals surface area contributed by atoms with Crippen LogP contribution < -0.4 is 10.4 Å². The van der Waals surface area contributed by atoms with E-state index >= 15 is 0 Å². The molecule has 2 aromatic rings. The van der Waals surface area contributed by atoms with Gasteiger partial charge in [-0.15, -0.1) is 0 Å². The molecular formula is C10H10N2O2. The molecule has 0 saturated carbocycles. The lowest BCUT2D eigenvalue weighted by molar-refractivity contribution is 0.284. The van der Waals surface area contributed by atoms with Crippen LogP contribution in [0.25, 0.3) is 11.0 Å². The van der Waals surface area contributed by atoms with E-state index in [9.17, 15) is 4.79 Å². The van der Waals surface area contributed by atoms with Gasteiger partial charge in [-0.1, -0.05) is 0 Å². The standard InChI is InChI=1S/C10H10N2O2/c1-6-4-7-9-8(5-6)14-3-2-12(9)10(13)11-7/h4-5H,2-3H2,1H3,(H,11,13). The van der Waals surface area contributed by atoms with Crippen molar-refractivity contribution in [2.24, 2.45) is 0 Å². The number of benzene rings is 1. The number of aromatic nitrogens is 2. The summed E-state index contributed by atoms with van der Waals surface area (Å²) in [5, 5.41) is 0. The highest BCUT2D eigenvalue weighted by molar-refractivity contribution is 5.83. The van der Waals surface area contributed by atoms with Crippen LogP contribution >= 0.6 is 0 Å². The van der Waals surface area contributed by atoms with Crippen LogP contribution in [-0.2, 0) is 6.54 Å². The molecule has 0 atom stereocenters. The topological polar surface area (TPSA) is 47.0 Å². The monoisotopic (exact) mass is 190 g/mol. The van der Waals surface area contributed by atoms with Crippen molar-refractivity contribution in [3.8, 4) is 5.75 Å². The average molecular weight is 190 g/mol. The lowest BCUT2D eigenvalue weighted by Crippen LogP contribution is -2.23. The molecule has 1 N–H and O–H groups in total. The molecule has 1 aromatic carbocycles. The highest BCUT2D eigenvalue weighted by atomic mass is 16.5. The lowest BCUT2D eigenvalue weighted by atomic mass is 10.2. The third-order valence-corrected chi connectivity index (χ3v) is 2.55. The molecule has 1 aliphatic heterocycles. The molecule has 14 heavy (non-hydrogen) atoms. The zero-order valence-electron chi connectivity index (χ0n) is 7.83. The Hall–Kier alpha value is -1.71. The molecule has 2 heterocycles. The van der Waals surface area contributed by atoms with Gasteiger partial charge in [-0.2, -0.15) is 0 Å². The second-order valence-electron chi connectivity index (χ2n) is 3.59. The molecule has 0 spiro atoms. The van der Waals surface area contributed by atoms with Crippen molar-refractivity contribution in [1.29, 1.82) is 0 Å². The Balaban J connectivity index is 2.55. The Bertz CT molecular complexity index is 565. The van der Waals surface area contributed by atoms with Crippen molar-refractivity contribution < 1.29 is 4.74 Å². The van der Waals surface area contributed by atoms with E-state index < -0.39 is 0 Å². The molecular weight excluding hydrogens is 180 g/mol. The van der Waals surface area contributed by atoms with E-state index in [-0.39, 0.29) is 5.69 Å². The van der Waals surface area contributed by atoms with Gasteiger partial charge >= 0.3 is 5.69 Å². The quantitative estimate of drug-likeness (QED) is 0.674. The molecule has 72 valence electrons. The van der Waals surface area contributed by atoms with Crippen molar-refractivity contribution in [3.05, 3.63) is 28.2 Å². The third-order valence-electron chi connectivity index (χ3n) is 2.55. The lowest BCUT2D eigenvalue weighted by Gasteiger charge is -2.15. The molecule has 3 rings (SSSR count). The first-order valence-electron chi connectivity index (χ1n) is 4.62. The number of nitrogens with zero attached hydrogens (tertiary/aromatic N) is 1. The zero-order chi connectivity index (χ0) is 9.71. The maximum absolute atomic E-state index is 11.5. The summed E-state index contributed by atoms with van der Waals surface area (Å²) in [4.78, 5) is 14.3. The summed E-state index contributed by atoms with van der Waals surface area (Å²) in [7, 11) is 0. The number of ether oxygens (including phenoxy) is 1. The molecule has 4 nitrogen and oxygen atoms in total. The Kier molecular flexibility index (Phi) is 1.32. The zero-order valence-corrected chi connectivity index (χ0v) is 7.83. The van der Waals surface area contributed by atoms with E-state index in [0.29, 0.717) is 13.2 Å². The Labute approximate surface area is 80.1 Å². The normalized spacial score (nSPS) is 14.4. The number of aromatic amines is 1. The summed E-state index contributed by atoms with van der Waals surface area (Å²) in [5.74, 6) is 0.810. The fraction of sp³-hybridized carbons (Fsp3) is 0.300. The second-order valence-corrected chi connectivity index (χ2v) is 3.59. The minimum Gasteiger partial charge on any atom is -0.489 e. The molecule has 0 unspecified atom stereocenters. The SMILES string of the molecule is Cc1cc2c3c(c1)[nH]c(=O)n3CCO2. The first-order chi connectivity index (χ1) is 6.75. The Morgan fingerprint density at radius 3 is 3.21 bits per heavy atom. The molecule has 0 saturated heterocycles. The van der Waals surface area contributed by atoms with Gasteiger partial charge in [0.1, 0.15) is 17.9 Å². The number of nitrogens with one attached hydrogen (secondary N) is 1. The van der Waals surface area contributed by atoms with E-state index in [1.165, 1.54) is 0 Å². The number of imidazole rings is 1.